The molecule has 5 nitrogen and oxygen atoms in total. The molecule has 1 fully saturated rings. The SMILES string of the molecule is Nc1nc(-c2cc(Cl)cs2)c(N2CCCC(C(=O)O)C2)s1. The van der Waals surface area contributed by atoms with Crippen LogP contribution in [0.2, 0.25) is 5.02 Å². The standard InChI is InChI=1S/C13H14ClN3O2S2/c14-8-4-9(20-6-8)10-11(21-13(15)16-10)17-3-1-2-7(5-17)12(18)19/h4,6-7H,1-3,5H2,(H2,15,16)(H,18,19). The number of carbonyl (C=O) groups is 1. The minimum absolute atomic E-state index is 0.332. The second kappa shape index (κ2) is 5.82. The second-order valence-corrected chi connectivity index (χ2v) is 7.32. The van der Waals surface area contributed by atoms with Gasteiger partial charge in [-0.15, -0.1) is 11.3 Å². The molecular formula is C13H14ClN3O2S2. The van der Waals surface area contributed by atoms with Crippen LogP contribution in [0.5, 0.6) is 0 Å². The van der Waals surface area contributed by atoms with Gasteiger partial charge in [0.2, 0.25) is 0 Å². The summed E-state index contributed by atoms with van der Waals surface area (Å²) in [5.74, 6) is -1.07. The molecule has 0 aromatic carbocycles. The van der Waals surface area contributed by atoms with Gasteiger partial charge in [0, 0.05) is 18.5 Å². The first kappa shape index (κ1) is 14.6. The van der Waals surface area contributed by atoms with Crippen molar-refractivity contribution in [1.29, 1.82) is 0 Å². The van der Waals surface area contributed by atoms with Crippen LogP contribution in [0.4, 0.5) is 10.1 Å². The van der Waals surface area contributed by atoms with Crippen LogP contribution in [0.25, 0.3) is 10.6 Å². The van der Waals surface area contributed by atoms with Gasteiger partial charge in [-0.05, 0) is 18.9 Å². The van der Waals surface area contributed by atoms with Crippen LogP contribution in [0.3, 0.4) is 0 Å². The van der Waals surface area contributed by atoms with Crippen molar-refractivity contribution in [2.75, 3.05) is 23.7 Å². The van der Waals surface area contributed by atoms with Gasteiger partial charge in [0.1, 0.15) is 10.7 Å². The zero-order valence-corrected chi connectivity index (χ0v) is 13.5. The molecule has 1 aliphatic rings. The van der Waals surface area contributed by atoms with Gasteiger partial charge in [-0.25, -0.2) is 4.98 Å². The second-order valence-electron chi connectivity index (χ2n) is 4.96. The fourth-order valence-electron chi connectivity index (χ4n) is 2.50. The number of aromatic nitrogens is 1. The van der Waals surface area contributed by atoms with Crippen LogP contribution < -0.4 is 10.6 Å². The van der Waals surface area contributed by atoms with Crippen LogP contribution in [0.1, 0.15) is 12.8 Å². The lowest BCUT2D eigenvalue weighted by Crippen LogP contribution is -2.38. The van der Waals surface area contributed by atoms with E-state index in [1.54, 1.807) is 0 Å². The van der Waals surface area contributed by atoms with E-state index in [-0.39, 0.29) is 5.92 Å². The molecule has 1 unspecified atom stereocenters. The predicted molar refractivity (Wildman–Crippen MR) is 87.4 cm³/mol. The highest BCUT2D eigenvalue weighted by atomic mass is 35.5. The third kappa shape index (κ3) is 3.00. The number of piperidine rings is 1. The van der Waals surface area contributed by atoms with Crippen molar-refractivity contribution in [2.24, 2.45) is 5.92 Å². The Morgan fingerprint density at radius 2 is 2.38 bits per heavy atom. The molecule has 3 rings (SSSR count). The van der Waals surface area contributed by atoms with Crippen molar-refractivity contribution >= 4 is 50.4 Å². The Kier molecular flexibility index (Phi) is 4.05. The maximum absolute atomic E-state index is 11.2. The lowest BCUT2D eigenvalue weighted by molar-refractivity contribution is -0.141. The van der Waals surface area contributed by atoms with Crippen LogP contribution in [-0.2, 0) is 4.79 Å². The van der Waals surface area contributed by atoms with Crippen molar-refractivity contribution in [3.8, 4) is 10.6 Å². The van der Waals surface area contributed by atoms with E-state index in [0.29, 0.717) is 16.7 Å². The van der Waals surface area contributed by atoms with Gasteiger partial charge in [0.05, 0.1) is 15.8 Å². The lowest BCUT2D eigenvalue weighted by atomic mass is 9.98. The fourth-order valence-corrected chi connectivity index (χ4v) is 4.51. The zero-order chi connectivity index (χ0) is 15.0. The van der Waals surface area contributed by atoms with E-state index < -0.39 is 5.97 Å². The number of nitrogens with two attached hydrogens (primary N) is 1. The number of nitrogen functional groups attached to an aromatic ring is 1. The summed E-state index contributed by atoms with van der Waals surface area (Å²) in [6, 6.07) is 1.86. The van der Waals surface area contributed by atoms with Gasteiger partial charge < -0.3 is 15.7 Å². The predicted octanol–water partition coefficient (Wildman–Crippen LogP) is 3.41. The monoisotopic (exact) mass is 343 g/mol. The van der Waals surface area contributed by atoms with Crippen LogP contribution in [0, 0.1) is 5.92 Å². The largest absolute Gasteiger partial charge is 0.481 e. The maximum atomic E-state index is 11.2. The molecule has 3 heterocycles. The Labute approximate surface area is 135 Å². The van der Waals surface area contributed by atoms with E-state index in [4.69, 9.17) is 17.3 Å². The normalized spacial score (nSPS) is 18.9. The van der Waals surface area contributed by atoms with Crippen LogP contribution >= 0.6 is 34.3 Å². The number of thiazole rings is 1. The summed E-state index contributed by atoms with van der Waals surface area (Å²) in [5.41, 5.74) is 6.67. The molecule has 0 amide bonds. The lowest BCUT2D eigenvalue weighted by Gasteiger charge is -2.31. The number of anilines is 2. The number of rotatable bonds is 3. The number of aliphatic carboxylic acids is 1. The van der Waals surface area contributed by atoms with Crippen molar-refractivity contribution in [3.63, 3.8) is 0 Å². The molecule has 8 heteroatoms. The van der Waals surface area contributed by atoms with Gasteiger partial charge in [0.15, 0.2) is 5.13 Å². The summed E-state index contributed by atoms with van der Waals surface area (Å²) in [5, 5.41) is 13.2. The van der Waals surface area contributed by atoms with Crippen molar-refractivity contribution in [2.45, 2.75) is 12.8 Å². The van der Waals surface area contributed by atoms with Gasteiger partial charge in [0.25, 0.3) is 0 Å². The first-order chi connectivity index (χ1) is 10.0. The molecule has 1 saturated heterocycles. The number of carboxylic acid groups (broad SMARTS) is 1. The molecule has 2 aromatic rings. The van der Waals surface area contributed by atoms with Gasteiger partial charge in [-0.2, -0.15) is 0 Å². The number of hydrogen-bond acceptors (Lipinski definition) is 6. The summed E-state index contributed by atoms with van der Waals surface area (Å²) in [7, 11) is 0. The Balaban J connectivity index is 1.93. The van der Waals surface area contributed by atoms with Gasteiger partial charge in [-0.3, -0.25) is 4.79 Å². The van der Waals surface area contributed by atoms with E-state index in [0.717, 1.165) is 35.0 Å². The van der Waals surface area contributed by atoms with Crippen molar-refractivity contribution < 1.29 is 9.90 Å². The minimum atomic E-state index is -0.738. The highest BCUT2D eigenvalue weighted by Gasteiger charge is 2.28. The molecule has 0 aliphatic carbocycles. The molecular weight excluding hydrogens is 330 g/mol. The Morgan fingerprint density at radius 3 is 3.05 bits per heavy atom. The number of nitrogens with zero attached hydrogens (tertiary/aromatic N) is 2. The zero-order valence-electron chi connectivity index (χ0n) is 11.1. The van der Waals surface area contributed by atoms with Crippen molar-refractivity contribution in [1.82, 2.24) is 4.98 Å². The average molecular weight is 344 g/mol. The molecule has 1 atom stereocenters. The van der Waals surface area contributed by atoms with E-state index in [1.807, 2.05) is 11.4 Å². The molecule has 2 aromatic heterocycles. The third-order valence-corrected chi connectivity index (χ3v) is 5.71. The summed E-state index contributed by atoms with van der Waals surface area (Å²) in [4.78, 5) is 18.7. The summed E-state index contributed by atoms with van der Waals surface area (Å²) >= 11 is 8.90. The van der Waals surface area contributed by atoms with Crippen LogP contribution in [0.15, 0.2) is 11.4 Å². The first-order valence-corrected chi connectivity index (χ1v) is 8.60. The van der Waals surface area contributed by atoms with Gasteiger partial charge in [-0.1, -0.05) is 22.9 Å². The molecule has 0 bridgehead atoms. The van der Waals surface area contributed by atoms with E-state index in [2.05, 4.69) is 9.88 Å². The Morgan fingerprint density at radius 1 is 1.57 bits per heavy atom. The summed E-state index contributed by atoms with van der Waals surface area (Å²) < 4.78 is 0. The molecule has 1 aliphatic heterocycles. The summed E-state index contributed by atoms with van der Waals surface area (Å²) in [6.07, 6.45) is 1.58. The quantitative estimate of drug-likeness (QED) is 0.892. The van der Waals surface area contributed by atoms with E-state index in [9.17, 15) is 9.90 Å². The van der Waals surface area contributed by atoms with Crippen molar-refractivity contribution in [3.05, 3.63) is 16.5 Å². The minimum Gasteiger partial charge on any atom is -0.481 e. The van der Waals surface area contributed by atoms with Gasteiger partial charge >= 0.3 is 5.97 Å². The highest BCUT2D eigenvalue weighted by Crippen LogP contribution is 2.42. The number of thiophene rings is 1. The highest BCUT2D eigenvalue weighted by molar-refractivity contribution is 7.20. The van der Waals surface area contributed by atoms with E-state index in [1.165, 1.54) is 22.7 Å². The molecule has 0 spiro atoms. The van der Waals surface area contributed by atoms with E-state index >= 15 is 0 Å². The smallest absolute Gasteiger partial charge is 0.308 e. The average Bonchev–Trinajstić information content (AvgIpc) is 3.05. The van der Waals surface area contributed by atoms with Crippen LogP contribution in [-0.4, -0.2) is 29.1 Å². The molecule has 0 radical (unpaired) electrons. The Bertz CT molecular complexity index is 670. The third-order valence-electron chi connectivity index (χ3n) is 3.48. The first-order valence-electron chi connectivity index (χ1n) is 6.53. The Hall–Kier alpha value is -1.31. The maximum Gasteiger partial charge on any atom is 0.308 e. The fraction of sp³-hybridized carbons (Fsp3) is 0.385. The number of hydrogen-bond donors (Lipinski definition) is 2. The molecule has 112 valence electrons. The number of halogens is 1. The number of carboxylic acids is 1. The summed E-state index contributed by atoms with van der Waals surface area (Å²) in [6.45, 7) is 1.33. The molecule has 3 N–H and O–H groups in total. The molecule has 21 heavy (non-hydrogen) atoms. The molecule has 0 saturated carbocycles. The topological polar surface area (TPSA) is 79.5 Å².